The van der Waals surface area contributed by atoms with E-state index in [0.29, 0.717) is 11.8 Å². The van der Waals surface area contributed by atoms with E-state index in [1.54, 1.807) is 0 Å². The maximum Gasteiger partial charge on any atom is 0.127 e. The van der Waals surface area contributed by atoms with Gasteiger partial charge >= 0.3 is 0 Å². The first-order chi connectivity index (χ1) is 21.1. The highest BCUT2D eigenvalue weighted by Crippen LogP contribution is 2.35. The van der Waals surface area contributed by atoms with Crippen LogP contribution in [-0.2, 0) is 12.8 Å². The van der Waals surface area contributed by atoms with Gasteiger partial charge in [0.05, 0.1) is 0 Å². The van der Waals surface area contributed by atoms with Gasteiger partial charge in [-0.25, -0.2) is 0 Å². The first-order valence-electron chi connectivity index (χ1n) is 15.5. The molecule has 0 spiro atoms. The Kier molecular flexibility index (Phi) is 13.9. The number of rotatable bonds is 18. The lowest BCUT2D eigenvalue weighted by Crippen LogP contribution is -2.03. The zero-order valence-corrected chi connectivity index (χ0v) is 28.4. The summed E-state index contributed by atoms with van der Waals surface area (Å²) < 4.78 is 6.52. The molecule has 3 heteroatoms. The predicted molar refractivity (Wildman–Crippen MR) is 193 cm³/mol. The van der Waals surface area contributed by atoms with Crippen LogP contribution in [0.4, 0.5) is 0 Å². The fraction of sp³-hybridized carbons (Fsp3) is 0.300. The van der Waals surface area contributed by atoms with Crippen LogP contribution in [0, 0.1) is 0 Å². The molecule has 0 saturated heterocycles. The molecule has 0 aliphatic rings. The van der Waals surface area contributed by atoms with Crippen LogP contribution in [0.2, 0.25) is 0 Å². The lowest BCUT2D eigenvalue weighted by molar-refractivity contribution is 0.480. The minimum Gasteiger partial charge on any atom is -0.457 e. The molecule has 0 saturated carbocycles. The van der Waals surface area contributed by atoms with Crippen LogP contribution in [-0.4, -0.2) is 10.7 Å². The van der Waals surface area contributed by atoms with Crippen LogP contribution in [0.25, 0.3) is 0 Å². The van der Waals surface area contributed by atoms with Gasteiger partial charge in [-0.1, -0.05) is 117 Å². The maximum absolute atomic E-state index is 6.52. The topological polar surface area (TPSA) is 9.23 Å². The summed E-state index contributed by atoms with van der Waals surface area (Å²) in [5, 5.41) is 2.07. The molecular formula is C40H44Br2O. The molecule has 0 radical (unpaired) electrons. The average molecular weight is 701 g/mol. The molecule has 0 aliphatic heterocycles. The van der Waals surface area contributed by atoms with Gasteiger partial charge < -0.3 is 4.74 Å². The number of allylic oxidation sites excluding steroid dienone is 2. The third-order valence-corrected chi connectivity index (χ3v) is 9.16. The number of alkyl halides is 2. The van der Waals surface area contributed by atoms with E-state index >= 15 is 0 Å². The SMILES string of the molecule is C=CCCC(c1ccc(CCCBr)cc1)c1cccc(Oc2cccc(C(CCC=C)c3ccc(CCCBr)cc3)c2)c1. The van der Waals surface area contributed by atoms with Gasteiger partial charge in [-0.05, 0) is 109 Å². The van der Waals surface area contributed by atoms with Crippen LogP contribution in [0.15, 0.2) is 122 Å². The van der Waals surface area contributed by atoms with Gasteiger partial charge in [0.1, 0.15) is 11.5 Å². The van der Waals surface area contributed by atoms with Gasteiger partial charge in [0.15, 0.2) is 0 Å². The van der Waals surface area contributed by atoms with Crippen molar-refractivity contribution in [2.45, 2.75) is 63.2 Å². The Bertz CT molecular complexity index is 1300. The molecule has 43 heavy (non-hydrogen) atoms. The summed E-state index contributed by atoms with van der Waals surface area (Å²) in [5.74, 6) is 2.31. The molecule has 0 aromatic heterocycles. The average Bonchev–Trinajstić information content (AvgIpc) is 3.04. The Morgan fingerprint density at radius 3 is 1.35 bits per heavy atom. The van der Waals surface area contributed by atoms with Crippen molar-refractivity contribution in [1.29, 1.82) is 0 Å². The fourth-order valence-electron chi connectivity index (χ4n) is 5.72. The monoisotopic (exact) mass is 698 g/mol. The molecule has 0 N–H and O–H groups in total. The lowest BCUT2D eigenvalue weighted by atomic mass is 9.86. The molecule has 0 aliphatic carbocycles. The lowest BCUT2D eigenvalue weighted by Gasteiger charge is -2.20. The zero-order chi connectivity index (χ0) is 30.3. The molecule has 0 amide bonds. The van der Waals surface area contributed by atoms with Gasteiger partial charge in [0, 0.05) is 22.5 Å². The number of ether oxygens (including phenoxy) is 1. The highest BCUT2D eigenvalue weighted by molar-refractivity contribution is 9.09. The molecule has 4 aromatic carbocycles. The van der Waals surface area contributed by atoms with Gasteiger partial charge in [-0.3, -0.25) is 0 Å². The van der Waals surface area contributed by atoms with Gasteiger partial charge in [0.25, 0.3) is 0 Å². The Balaban J connectivity index is 1.55. The predicted octanol–water partition coefficient (Wildman–Crippen LogP) is 12.3. The van der Waals surface area contributed by atoms with Crippen molar-refractivity contribution in [1.82, 2.24) is 0 Å². The van der Waals surface area contributed by atoms with Crippen molar-refractivity contribution >= 4 is 31.9 Å². The second-order valence-electron chi connectivity index (χ2n) is 11.2. The molecule has 2 unspecified atom stereocenters. The largest absolute Gasteiger partial charge is 0.457 e. The molecule has 0 heterocycles. The van der Waals surface area contributed by atoms with E-state index in [0.717, 1.165) is 73.5 Å². The van der Waals surface area contributed by atoms with Crippen LogP contribution in [0.5, 0.6) is 11.5 Å². The molecular weight excluding hydrogens is 656 g/mol. The van der Waals surface area contributed by atoms with Crippen molar-refractivity contribution < 1.29 is 4.74 Å². The summed E-state index contributed by atoms with van der Waals surface area (Å²) in [6, 6.07) is 35.5. The van der Waals surface area contributed by atoms with Gasteiger partial charge in [0.2, 0.25) is 0 Å². The van der Waals surface area contributed by atoms with Crippen molar-refractivity contribution in [3.05, 3.63) is 156 Å². The van der Waals surface area contributed by atoms with Crippen molar-refractivity contribution in [2.75, 3.05) is 10.7 Å². The van der Waals surface area contributed by atoms with Gasteiger partial charge in [-0.2, -0.15) is 0 Å². The number of halogens is 2. The van der Waals surface area contributed by atoms with Gasteiger partial charge in [-0.15, -0.1) is 13.2 Å². The van der Waals surface area contributed by atoms with Crippen LogP contribution in [0.3, 0.4) is 0 Å². The van der Waals surface area contributed by atoms with E-state index in [-0.39, 0.29) is 0 Å². The highest BCUT2D eigenvalue weighted by Gasteiger charge is 2.17. The normalized spacial score (nSPS) is 12.4. The Labute approximate surface area is 276 Å². The van der Waals surface area contributed by atoms with Crippen LogP contribution >= 0.6 is 31.9 Å². The van der Waals surface area contributed by atoms with E-state index in [2.05, 4.69) is 142 Å². The first kappa shape index (κ1) is 33.0. The number of hydrogen-bond acceptors (Lipinski definition) is 1. The van der Waals surface area contributed by atoms with E-state index in [1.165, 1.54) is 33.4 Å². The van der Waals surface area contributed by atoms with Crippen LogP contribution < -0.4 is 4.74 Å². The maximum atomic E-state index is 6.52. The summed E-state index contributed by atoms with van der Waals surface area (Å²) in [7, 11) is 0. The Morgan fingerprint density at radius 2 is 0.977 bits per heavy atom. The van der Waals surface area contributed by atoms with E-state index in [9.17, 15) is 0 Å². The third kappa shape index (κ3) is 10.1. The molecule has 4 aromatic rings. The molecule has 0 bridgehead atoms. The second kappa shape index (κ2) is 18.0. The summed E-state index contributed by atoms with van der Waals surface area (Å²) in [6.45, 7) is 7.97. The van der Waals surface area contributed by atoms with E-state index < -0.39 is 0 Å². The zero-order valence-electron chi connectivity index (χ0n) is 25.2. The standard InChI is InChI=1S/C40H44Br2O/c1-3-5-17-39(33-23-19-31(20-24-33)11-9-27-41)35-13-7-15-37(29-35)43-38-16-8-14-36(30-38)40(18-6-4-2)34-25-21-32(22-26-34)12-10-28-42/h3-4,7-8,13-16,19-26,29-30,39-40H,1-2,5-6,9-12,17-18,27-28H2. The minimum absolute atomic E-state index is 0.291. The quantitative estimate of drug-likeness (QED) is 0.0742. The molecule has 0 fully saturated rings. The second-order valence-corrected chi connectivity index (χ2v) is 12.7. The number of hydrogen-bond donors (Lipinski definition) is 0. The smallest absolute Gasteiger partial charge is 0.127 e. The molecule has 4 rings (SSSR count). The fourth-order valence-corrected chi connectivity index (χ4v) is 6.28. The van der Waals surface area contributed by atoms with Crippen molar-refractivity contribution in [2.24, 2.45) is 0 Å². The van der Waals surface area contributed by atoms with E-state index in [4.69, 9.17) is 4.74 Å². The Morgan fingerprint density at radius 1 is 0.558 bits per heavy atom. The molecule has 224 valence electrons. The van der Waals surface area contributed by atoms with Crippen LogP contribution in [0.1, 0.15) is 83.7 Å². The number of benzene rings is 4. The molecule has 1 nitrogen and oxygen atoms in total. The summed E-state index contributed by atoms with van der Waals surface area (Å²) in [6.07, 6.45) is 12.5. The third-order valence-electron chi connectivity index (χ3n) is 8.04. The first-order valence-corrected chi connectivity index (χ1v) is 17.8. The van der Waals surface area contributed by atoms with Crippen molar-refractivity contribution in [3.8, 4) is 11.5 Å². The highest BCUT2D eigenvalue weighted by atomic mass is 79.9. The molecule has 2 atom stereocenters. The summed E-state index contributed by atoms with van der Waals surface area (Å²) in [4.78, 5) is 0. The minimum atomic E-state index is 0.291. The Hall–Kier alpha value is -2.88. The summed E-state index contributed by atoms with van der Waals surface area (Å²) >= 11 is 7.10. The van der Waals surface area contributed by atoms with E-state index in [1.807, 2.05) is 12.2 Å². The summed E-state index contributed by atoms with van der Waals surface area (Å²) in [5.41, 5.74) is 8.00. The number of aryl methyl sites for hydroxylation is 2. The van der Waals surface area contributed by atoms with Crippen molar-refractivity contribution in [3.63, 3.8) is 0 Å².